The van der Waals surface area contributed by atoms with Crippen LogP contribution < -0.4 is 11.1 Å². The van der Waals surface area contributed by atoms with Crippen LogP contribution in [0.2, 0.25) is 0 Å². The molecule has 0 radical (unpaired) electrons. The molecule has 2 rings (SSSR count). The van der Waals surface area contributed by atoms with Crippen molar-refractivity contribution in [3.05, 3.63) is 29.3 Å². The Labute approximate surface area is 111 Å². The van der Waals surface area contributed by atoms with Crippen LogP contribution in [0.3, 0.4) is 0 Å². The Hall–Kier alpha value is -2.31. The van der Waals surface area contributed by atoms with E-state index in [-0.39, 0.29) is 17.6 Å². The number of amides is 1. The van der Waals surface area contributed by atoms with Crippen molar-refractivity contribution in [2.24, 2.45) is 0 Å². The van der Waals surface area contributed by atoms with Crippen LogP contribution in [0.1, 0.15) is 48.1 Å². The van der Waals surface area contributed by atoms with Gasteiger partial charge >= 0.3 is 0 Å². The third kappa shape index (κ3) is 2.75. The first-order valence-electron chi connectivity index (χ1n) is 6.25. The number of aromatic nitrogens is 4. The molecular formula is C12H18N6O. The zero-order valence-corrected chi connectivity index (χ0v) is 11.0. The molecule has 1 atom stereocenters. The summed E-state index contributed by atoms with van der Waals surface area (Å²) in [7, 11) is 0. The lowest BCUT2D eigenvalue weighted by Crippen LogP contribution is -2.27. The molecule has 2 aromatic rings. The zero-order valence-electron chi connectivity index (χ0n) is 11.0. The Morgan fingerprint density at radius 2 is 2.37 bits per heavy atom. The number of carbonyl (C=O) groups is 1. The molecule has 0 aromatic carbocycles. The average molecular weight is 262 g/mol. The number of nitrogen functional groups attached to an aromatic ring is 1. The van der Waals surface area contributed by atoms with Gasteiger partial charge in [0.15, 0.2) is 5.69 Å². The molecule has 102 valence electrons. The average Bonchev–Trinajstić information content (AvgIpc) is 3.01. The summed E-state index contributed by atoms with van der Waals surface area (Å²) in [5.41, 5.74) is 8.30. The number of anilines is 1. The van der Waals surface area contributed by atoms with E-state index < -0.39 is 0 Å². The van der Waals surface area contributed by atoms with Crippen LogP contribution in [0.25, 0.3) is 0 Å². The Morgan fingerprint density at radius 1 is 1.58 bits per heavy atom. The Bertz CT molecular complexity index is 545. The number of carbonyl (C=O) groups excluding carboxylic acids is 1. The summed E-state index contributed by atoms with van der Waals surface area (Å²) in [6.45, 7) is 3.92. The van der Waals surface area contributed by atoms with Crippen LogP contribution in [0, 0.1) is 0 Å². The highest BCUT2D eigenvalue weighted by atomic mass is 16.2. The second kappa shape index (κ2) is 5.55. The van der Waals surface area contributed by atoms with Gasteiger partial charge in [0.25, 0.3) is 5.91 Å². The highest BCUT2D eigenvalue weighted by Gasteiger charge is 2.19. The summed E-state index contributed by atoms with van der Waals surface area (Å²) >= 11 is 0. The van der Waals surface area contributed by atoms with Crippen LogP contribution in [0.15, 0.2) is 12.4 Å². The van der Waals surface area contributed by atoms with E-state index in [4.69, 9.17) is 5.73 Å². The van der Waals surface area contributed by atoms with Gasteiger partial charge in [-0.15, -0.1) is 0 Å². The molecule has 1 unspecified atom stereocenters. The molecule has 5 N–H and O–H groups in total. The van der Waals surface area contributed by atoms with E-state index in [2.05, 4.69) is 25.7 Å². The normalized spacial score (nSPS) is 12.3. The van der Waals surface area contributed by atoms with Crippen LogP contribution in [-0.2, 0) is 6.42 Å². The minimum absolute atomic E-state index is 0.156. The Morgan fingerprint density at radius 3 is 3.00 bits per heavy atom. The largest absolute Gasteiger partial charge is 0.395 e. The van der Waals surface area contributed by atoms with E-state index in [1.54, 1.807) is 12.4 Å². The second-order valence-corrected chi connectivity index (χ2v) is 4.44. The number of H-pyrrole nitrogens is 2. The highest BCUT2D eigenvalue weighted by Crippen LogP contribution is 2.17. The van der Waals surface area contributed by atoms with Crippen LogP contribution in [0.4, 0.5) is 5.69 Å². The maximum Gasteiger partial charge on any atom is 0.274 e. The van der Waals surface area contributed by atoms with Gasteiger partial charge in [0, 0.05) is 11.8 Å². The molecule has 0 spiro atoms. The molecule has 0 aliphatic rings. The molecule has 0 aliphatic carbocycles. The minimum Gasteiger partial charge on any atom is -0.395 e. The molecule has 1 amide bonds. The van der Waals surface area contributed by atoms with Crippen molar-refractivity contribution >= 4 is 11.6 Å². The first kappa shape index (κ1) is 13.1. The van der Waals surface area contributed by atoms with Gasteiger partial charge in [-0.3, -0.25) is 15.0 Å². The summed E-state index contributed by atoms with van der Waals surface area (Å²) < 4.78 is 0. The van der Waals surface area contributed by atoms with Crippen molar-refractivity contribution in [3.63, 3.8) is 0 Å². The van der Waals surface area contributed by atoms with Crippen molar-refractivity contribution in [1.82, 2.24) is 25.7 Å². The zero-order chi connectivity index (χ0) is 13.8. The predicted molar refractivity (Wildman–Crippen MR) is 71.5 cm³/mol. The van der Waals surface area contributed by atoms with Crippen molar-refractivity contribution in [2.45, 2.75) is 32.7 Å². The molecule has 7 nitrogen and oxygen atoms in total. The summed E-state index contributed by atoms with van der Waals surface area (Å²) in [6, 6.07) is -0.156. The van der Waals surface area contributed by atoms with Gasteiger partial charge in [-0.1, -0.05) is 13.3 Å². The smallest absolute Gasteiger partial charge is 0.274 e. The van der Waals surface area contributed by atoms with Gasteiger partial charge in [-0.05, 0) is 13.3 Å². The Balaban J connectivity index is 2.08. The molecular weight excluding hydrogens is 244 g/mol. The number of hydrogen-bond donors (Lipinski definition) is 4. The van der Waals surface area contributed by atoms with Gasteiger partial charge in [0.1, 0.15) is 0 Å². The van der Waals surface area contributed by atoms with E-state index >= 15 is 0 Å². The molecule has 2 heterocycles. The summed E-state index contributed by atoms with van der Waals surface area (Å²) in [4.78, 5) is 12.1. The number of nitrogens with two attached hydrogens (primary N) is 1. The number of aryl methyl sites for hydroxylation is 1. The maximum atomic E-state index is 12.1. The number of hydrogen-bond acceptors (Lipinski definition) is 4. The molecule has 0 saturated carbocycles. The Kier molecular flexibility index (Phi) is 3.84. The molecule has 0 fully saturated rings. The minimum atomic E-state index is -0.287. The predicted octanol–water partition coefficient (Wildman–Crippen LogP) is 1.16. The van der Waals surface area contributed by atoms with Crippen molar-refractivity contribution in [2.75, 3.05) is 5.73 Å². The highest BCUT2D eigenvalue weighted by molar-refractivity contribution is 5.97. The fourth-order valence-electron chi connectivity index (χ4n) is 1.85. The van der Waals surface area contributed by atoms with E-state index in [1.807, 2.05) is 13.8 Å². The van der Waals surface area contributed by atoms with Gasteiger partial charge in [0.2, 0.25) is 0 Å². The molecule has 7 heteroatoms. The van der Waals surface area contributed by atoms with E-state index in [0.29, 0.717) is 5.69 Å². The third-order valence-corrected chi connectivity index (χ3v) is 2.96. The fraction of sp³-hybridized carbons (Fsp3) is 0.417. The number of rotatable bonds is 5. The van der Waals surface area contributed by atoms with Crippen molar-refractivity contribution in [1.29, 1.82) is 0 Å². The van der Waals surface area contributed by atoms with Crippen molar-refractivity contribution < 1.29 is 4.79 Å². The second-order valence-electron chi connectivity index (χ2n) is 4.44. The monoisotopic (exact) mass is 262 g/mol. The van der Waals surface area contributed by atoms with Gasteiger partial charge in [-0.25, -0.2) is 0 Å². The first-order valence-corrected chi connectivity index (χ1v) is 6.25. The summed E-state index contributed by atoms with van der Waals surface area (Å²) in [6.07, 6.45) is 5.13. The lowest BCUT2D eigenvalue weighted by atomic mass is 10.1. The molecule has 2 aromatic heterocycles. The molecule has 0 saturated heterocycles. The first-order chi connectivity index (χ1) is 9.13. The third-order valence-electron chi connectivity index (χ3n) is 2.96. The van der Waals surface area contributed by atoms with Crippen LogP contribution in [-0.4, -0.2) is 26.3 Å². The molecule has 0 aliphatic heterocycles. The summed E-state index contributed by atoms with van der Waals surface area (Å²) in [5.74, 6) is -0.287. The van der Waals surface area contributed by atoms with Gasteiger partial charge in [0.05, 0.1) is 23.6 Å². The van der Waals surface area contributed by atoms with E-state index in [0.717, 1.165) is 24.1 Å². The van der Waals surface area contributed by atoms with Crippen LogP contribution in [0.5, 0.6) is 0 Å². The SMILES string of the molecule is CCCc1[nH]nc(C(=O)NC(C)c2cn[nH]c2)c1N. The van der Waals surface area contributed by atoms with Crippen LogP contribution >= 0.6 is 0 Å². The van der Waals surface area contributed by atoms with Gasteiger partial charge < -0.3 is 11.1 Å². The summed E-state index contributed by atoms with van der Waals surface area (Å²) in [5, 5.41) is 16.2. The lowest BCUT2D eigenvalue weighted by Gasteiger charge is -2.10. The molecule has 0 bridgehead atoms. The van der Waals surface area contributed by atoms with Crippen molar-refractivity contribution in [3.8, 4) is 0 Å². The van der Waals surface area contributed by atoms with E-state index in [9.17, 15) is 4.79 Å². The molecule has 19 heavy (non-hydrogen) atoms. The maximum absolute atomic E-state index is 12.1. The topological polar surface area (TPSA) is 112 Å². The quantitative estimate of drug-likeness (QED) is 0.647. The number of nitrogens with one attached hydrogen (secondary N) is 3. The lowest BCUT2D eigenvalue weighted by molar-refractivity contribution is 0.0935. The number of aromatic amines is 2. The number of nitrogens with zero attached hydrogens (tertiary/aromatic N) is 2. The van der Waals surface area contributed by atoms with E-state index in [1.165, 1.54) is 0 Å². The van der Waals surface area contributed by atoms with Gasteiger partial charge in [-0.2, -0.15) is 10.2 Å². The standard InChI is InChI=1S/C12H18N6O/c1-3-4-9-10(13)11(18-17-9)12(19)16-7(2)8-5-14-15-6-8/h5-7H,3-4,13H2,1-2H3,(H,14,15)(H,16,19)(H,17,18). The fourth-order valence-corrected chi connectivity index (χ4v) is 1.85.